The highest BCUT2D eigenvalue weighted by Crippen LogP contribution is 2.43. The molecule has 3 aliphatic heterocycles. The number of nitrogens with two attached hydrogens (primary N) is 1. The van der Waals surface area contributed by atoms with E-state index in [-0.39, 0.29) is 29.4 Å². The van der Waals surface area contributed by atoms with E-state index in [0.29, 0.717) is 35.7 Å². The van der Waals surface area contributed by atoms with E-state index in [0.717, 1.165) is 44.4 Å². The molecular formula is C21H37N5O2S. The molecule has 0 spiro atoms. The lowest BCUT2D eigenvalue weighted by atomic mass is 9.65. The molecule has 9 unspecified atom stereocenters. The first-order valence-corrected chi connectivity index (χ1v) is 12.3. The number of piperidine rings is 2. The maximum Gasteiger partial charge on any atom is 0.238 e. The predicted molar refractivity (Wildman–Crippen MR) is 116 cm³/mol. The third kappa shape index (κ3) is 4.45. The molecule has 0 bridgehead atoms. The van der Waals surface area contributed by atoms with Crippen LogP contribution in [0.15, 0.2) is 0 Å². The number of nitrogens with zero attached hydrogens (tertiary/aromatic N) is 1. The van der Waals surface area contributed by atoms with E-state index in [1.54, 1.807) is 11.8 Å². The van der Waals surface area contributed by atoms with Crippen molar-refractivity contribution < 1.29 is 9.59 Å². The molecule has 3 heterocycles. The SMILES string of the molecule is CC1CC2C(CN1)CC(C1CC(NC(=O)C3CSC(N)N3)CCC1C)C(=O)N2C. The number of fused-ring (bicyclic) bond motifs is 1. The van der Waals surface area contributed by atoms with Crippen molar-refractivity contribution in [3.8, 4) is 0 Å². The Morgan fingerprint density at radius 3 is 2.76 bits per heavy atom. The van der Waals surface area contributed by atoms with Gasteiger partial charge in [0.15, 0.2) is 0 Å². The summed E-state index contributed by atoms with van der Waals surface area (Å²) in [4.78, 5) is 28.0. The smallest absolute Gasteiger partial charge is 0.238 e. The molecule has 7 nitrogen and oxygen atoms in total. The van der Waals surface area contributed by atoms with Gasteiger partial charge in [-0.05, 0) is 56.8 Å². The van der Waals surface area contributed by atoms with Crippen molar-refractivity contribution in [1.82, 2.24) is 20.9 Å². The summed E-state index contributed by atoms with van der Waals surface area (Å²) in [6.45, 7) is 5.51. The van der Waals surface area contributed by atoms with E-state index < -0.39 is 0 Å². The van der Waals surface area contributed by atoms with Gasteiger partial charge in [0.25, 0.3) is 0 Å². The molecule has 1 aliphatic carbocycles. The van der Waals surface area contributed by atoms with E-state index in [4.69, 9.17) is 5.73 Å². The maximum absolute atomic E-state index is 13.3. The van der Waals surface area contributed by atoms with Crippen LogP contribution in [0.1, 0.15) is 46.0 Å². The molecule has 0 radical (unpaired) electrons. The Kier molecular flexibility index (Phi) is 6.44. The Hall–Kier alpha value is -0.830. The molecule has 1 saturated carbocycles. The van der Waals surface area contributed by atoms with Crippen LogP contribution in [0.2, 0.25) is 0 Å². The molecule has 29 heavy (non-hydrogen) atoms. The molecule has 9 atom stereocenters. The molecular weight excluding hydrogens is 386 g/mol. The molecule has 4 aliphatic rings. The van der Waals surface area contributed by atoms with Gasteiger partial charge in [-0.25, -0.2) is 0 Å². The summed E-state index contributed by atoms with van der Waals surface area (Å²) < 4.78 is 0. The predicted octanol–water partition coefficient (Wildman–Crippen LogP) is 0.700. The standard InChI is InChI=1S/C21H37N5O2S/c1-11-4-5-14(24-19(27)17-10-29-21(22)25-17)8-15(11)16-7-13-9-23-12(2)6-18(13)26(3)20(16)28/h11-18,21,23,25H,4-10,22H2,1-3H3,(H,24,27). The summed E-state index contributed by atoms with van der Waals surface area (Å²) in [7, 11) is 2.00. The third-order valence-corrected chi connectivity index (χ3v) is 8.85. The van der Waals surface area contributed by atoms with Crippen molar-refractivity contribution >= 4 is 23.6 Å². The normalized spacial score (nSPS) is 45.7. The molecule has 164 valence electrons. The van der Waals surface area contributed by atoms with Crippen LogP contribution >= 0.6 is 11.8 Å². The van der Waals surface area contributed by atoms with E-state index in [1.807, 2.05) is 11.9 Å². The molecule has 2 amide bonds. The van der Waals surface area contributed by atoms with Crippen molar-refractivity contribution in [3.63, 3.8) is 0 Å². The van der Waals surface area contributed by atoms with Gasteiger partial charge < -0.3 is 21.3 Å². The van der Waals surface area contributed by atoms with Crippen molar-refractivity contribution in [2.75, 3.05) is 19.3 Å². The first kappa shape index (κ1) is 21.4. The summed E-state index contributed by atoms with van der Waals surface area (Å²) in [6, 6.07) is 0.810. The molecule has 5 N–H and O–H groups in total. The highest BCUT2D eigenvalue weighted by atomic mass is 32.2. The van der Waals surface area contributed by atoms with Crippen LogP contribution < -0.4 is 21.7 Å². The van der Waals surface area contributed by atoms with Gasteiger partial charge in [0.2, 0.25) is 11.8 Å². The van der Waals surface area contributed by atoms with Gasteiger partial charge in [0, 0.05) is 43.4 Å². The second-order valence-corrected chi connectivity index (χ2v) is 11.0. The highest BCUT2D eigenvalue weighted by Gasteiger charge is 2.47. The first-order chi connectivity index (χ1) is 13.8. The Morgan fingerprint density at radius 2 is 2.03 bits per heavy atom. The average molecular weight is 424 g/mol. The Bertz CT molecular complexity index is 634. The lowest BCUT2D eigenvalue weighted by molar-refractivity contribution is -0.148. The zero-order chi connectivity index (χ0) is 20.7. The van der Waals surface area contributed by atoms with Crippen molar-refractivity contribution in [3.05, 3.63) is 0 Å². The van der Waals surface area contributed by atoms with Gasteiger partial charge in [-0.15, -0.1) is 11.8 Å². The number of carbonyl (C=O) groups is 2. The number of hydrogen-bond acceptors (Lipinski definition) is 6. The van der Waals surface area contributed by atoms with Gasteiger partial charge >= 0.3 is 0 Å². The summed E-state index contributed by atoms with van der Waals surface area (Å²) in [6.07, 6.45) is 5.01. The van der Waals surface area contributed by atoms with Gasteiger partial charge in [-0.3, -0.25) is 14.9 Å². The summed E-state index contributed by atoms with van der Waals surface area (Å²) >= 11 is 1.58. The first-order valence-electron chi connectivity index (χ1n) is 11.3. The fraction of sp³-hybridized carbons (Fsp3) is 0.905. The van der Waals surface area contributed by atoms with Gasteiger partial charge in [0.05, 0.1) is 6.04 Å². The van der Waals surface area contributed by atoms with Crippen LogP contribution in [0.4, 0.5) is 0 Å². The monoisotopic (exact) mass is 423 g/mol. The minimum Gasteiger partial charge on any atom is -0.352 e. The fourth-order valence-corrected chi connectivity index (χ4v) is 6.96. The lowest BCUT2D eigenvalue weighted by Crippen LogP contribution is -2.60. The van der Waals surface area contributed by atoms with Crippen LogP contribution in [0.25, 0.3) is 0 Å². The molecule has 3 saturated heterocycles. The lowest BCUT2D eigenvalue weighted by Gasteiger charge is -2.50. The van der Waals surface area contributed by atoms with Crippen molar-refractivity contribution in [2.24, 2.45) is 29.4 Å². The Morgan fingerprint density at radius 1 is 1.24 bits per heavy atom. The molecule has 4 rings (SSSR count). The number of amides is 2. The number of rotatable bonds is 3. The number of carbonyl (C=O) groups excluding carboxylic acids is 2. The minimum atomic E-state index is -0.202. The maximum atomic E-state index is 13.3. The summed E-state index contributed by atoms with van der Waals surface area (Å²) in [5.74, 6) is 2.59. The van der Waals surface area contributed by atoms with Gasteiger partial charge in [0.1, 0.15) is 5.50 Å². The number of hydrogen-bond donors (Lipinski definition) is 4. The number of thioether (sulfide) groups is 1. The molecule has 8 heteroatoms. The second kappa shape index (κ2) is 8.73. The average Bonchev–Trinajstić information content (AvgIpc) is 3.13. The van der Waals surface area contributed by atoms with E-state index in [2.05, 4.69) is 29.8 Å². The van der Waals surface area contributed by atoms with Crippen LogP contribution in [0, 0.1) is 23.7 Å². The number of likely N-dealkylation sites (tertiary alicyclic amines) is 1. The number of nitrogens with one attached hydrogen (secondary N) is 3. The second-order valence-electron chi connectivity index (χ2n) is 9.80. The quantitative estimate of drug-likeness (QED) is 0.533. The third-order valence-electron chi connectivity index (χ3n) is 7.83. The highest BCUT2D eigenvalue weighted by molar-refractivity contribution is 8.00. The van der Waals surface area contributed by atoms with E-state index in [1.165, 1.54) is 0 Å². The topological polar surface area (TPSA) is 99.5 Å². The van der Waals surface area contributed by atoms with Crippen LogP contribution in [-0.4, -0.2) is 65.7 Å². The van der Waals surface area contributed by atoms with Crippen molar-refractivity contribution in [1.29, 1.82) is 0 Å². The Labute approximate surface area is 178 Å². The molecule has 4 fully saturated rings. The van der Waals surface area contributed by atoms with E-state index >= 15 is 0 Å². The van der Waals surface area contributed by atoms with E-state index in [9.17, 15) is 9.59 Å². The molecule has 0 aromatic carbocycles. The van der Waals surface area contributed by atoms with Gasteiger partial charge in [-0.2, -0.15) is 0 Å². The van der Waals surface area contributed by atoms with Crippen molar-refractivity contribution in [2.45, 2.75) is 75.6 Å². The zero-order valence-corrected chi connectivity index (χ0v) is 18.7. The van der Waals surface area contributed by atoms with Crippen LogP contribution in [0.5, 0.6) is 0 Å². The Balaban J connectivity index is 1.40. The van der Waals surface area contributed by atoms with Crippen LogP contribution in [-0.2, 0) is 9.59 Å². The fourth-order valence-electron chi connectivity index (χ4n) is 6.05. The minimum absolute atomic E-state index is 0.0568. The van der Waals surface area contributed by atoms with Crippen LogP contribution in [0.3, 0.4) is 0 Å². The summed E-state index contributed by atoms with van der Waals surface area (Å²) in [5, 5.41) is 9.99. The summed E-state index contributed by atoms with van der Waals surface area (Å²) in [5.41, 5.74) is 5.70. The molecule has 0 aromatic rings. The largest absolute Gasteiger partial charge is 0.352 e. The molecule has 0 aromatic heterocycles. The zero-order valence-electron chi connectivity index (χ0n) is 17.9. The van der Waals surface area contributed by atoms with Gasteiger partial charge in [-0.1, -0.05) is 6.92 Å².